The molecule has 1 atom stereocenters. The molecule has 1 aromatic carbocycles. The standard InChI is InChI=1S/C12H13F3N2O3/c13-12(14,15)7-3-8(16)5-9(4-7)17-11(18)20-10-1-2-19-6-10/h3-5,10H,1-2,6,16H2,(H,17,18). The number of nitrogens with one attached hydrogen (secondary N) is 1. The summed E-state index contributed by atoms with van der Waals surface area (Å²) < 4.78 is 47.8. The van der Waals surface area contributed by atoms with Gasteiger partial charge >= 0.3 is 12.3 Å². The summed E-state index contributed by atoms with van der Waals surface area (Å²) in [5.74, 6) is 0. The highest BCUT2D eigenvalue weighted by Gasteiger charge is 2.31. The first-order valence-corrected chi connectivity index (χ1v) is 5.88. The van der Waals surface area contributed by atoms with E-state index in [1.165, 1.54) is 6.07 Å². The highest BCUT2D eigenvalue weighted by Crippen LogP contribution is 2.32. The van der Waals surface area contributed by atoms with Crippen LogP contribution in [0.3, 0.4) is 0 Å². The molecule has 3 N–H and O–H groups in total. The number of ether oxygens (including phenoxy) is 2. The average Bonchev–Trinajstić information content (AvgIpc) is 2.79. The van der Waals surface area contributed by atoms with Gasteiger partial charge in [-0.05, 0) is 18.2 Å². The molecule has 0 aliphatic carbocycles. The number of hydrogen-bond acceptors (Lipinski definition) is 4. The van der Waals surface area contributed by atoms with Crippen LogP contribution >= 0.6 is 0 Å². The number of hydrogen-bond donors (Lipinski definition) is 2. The molecule has 110 valence electrons. The topological polar surface area (TPSA) is 73.6 Å². The lowest BCUT2D eigenvalue weighted by Gasteiger charge is -2.13. The average molecular weight is 290 g/mol. The van der Waals surface area contributed by atoms with E-state index in [9.17, 15) is 18.0 Å². The number of anilines is 2. The second-order valence-corrected chi connectivity index (χ2v) is 4.36. The van der Waals surface area contributed by atoms with Gasteiger partial charge in [-0.15, -0.1) is 0 Å². The molecule has 1 saturated heterocycles. The van der Waals surface area contributed by atoms with Gasteiger partial charge in [0.15, 0.2) is 0 Å². The fourth-order valence-corrected chi connectivity index (χ4v) is 1.79. The Kier molecular flexibility index (Phi) is 4.03. The summed E-state index contributed by atoms with van der Waals surface area (Å²) in [4.78, 5) is 11.5. The molecular weight excluding hydrogens is 277 g/mol. The molecule has 0 radical (unpaired) electrons. The van der Waals surface area contributed by atoms with Crippen molar-refractivity contribution < 1.29 is 27.4 Å². The van der Waals surface area contributed by atoms with Crippen LogP contribution < -0.4 is 11.1 Å². The van der Waals surface area contributed by atoms with E-state index in [0.29, 0.717) is 13.0 Å². The molecule has 0 spiro atoms. The number of carbonyl (C=O) groups excluding carboxylic acids is 1. The lowest BCUT2D eigenvalue weighted by Crippen LogP contribution is -2.22. The minimum absolute atomic E-state index is 0.0683. The smallest absolute Gasteiger partial charge is 0.416 e. The van der Waals surface area contributed by atoms with Gasteiger partial charge in [-0.1, -0.05) is 0 Å². The second-order valence-electron chi connectivity index (χ2n) is 4.36. The van der Waals surface area contributed by atoms with Crippen LogP contribution in [0.5, 0.6) is 0 Å². The number of halogens is 3. The van der Waals surface area contributed by atoms with E-state index in [4.69, 9.17) is 15.2 Å². The van der Waals surface area contributed by atoms with Crippen LogP contribution in [0.4, 0.5) is 29.3 Å². The van der Waals surface area contributed by atoms with Crippen LogP contribution in [-0.4, -0.2) is 25.4 Å². The normalized spacial score (nSPS) is 18.9. The molecule has 1 aromatic rings. The number of carbonyl (C=O) groups is 1. The summed E-state index contributed by atoms with van der Waals surface area (Å²) in [5, 5.41) is 2.23. The maximum absolute atomic E-state index is 12.6. The van der Waals surface area contributed by atoms with Gasteiger partial charge in [-0.3, -0.25) is 5.32 Å². The van der Waals surface area contributed by atoms with Gasteiger partial charge in [0.2, 0.25) is 0 Å². The van der Waals surface area contributed by atoms with Gasteiger partial charge < -0.3 is 15.2 Å². The van der Waals surface area contributed by atoms with E-state index >= 15 is 0 Å². The lowest BCUT2D eigenvalue weighted by molar-refractivity contribution is -0.137. The Morgan fingerprint density at radius 3 is 2.75 bits per heavy atom. The van der Waals surface area contributed by atoms with Crippen molar-refractivity contribution >= 4 is 17.5 Å². The van der Waals surface area contributed by atoms with Crippen molar-refractivity contribution in [2.45, 2.75) is 18.7 Å². The number of nitrogen functional groups attached to an aromatic ring is 1. The SMILES string of the molecule is Nc1cc(NC(=O)OC2CCOC2)cc(C(F)(F)F)c1. The third-order valence-corrected chi connectivity index (χ3v) is 2.69. The fourth-order valence-electron chi connectivity index (χ4n) is 1.79. The number of rotatable bonds is 2. The molecule has 8 heteroatoms. The molecule has 1 amide bonds. The van der Waals surface area contributed by atoms with Crippen LogP contribution in [-0.2, 0) is 15.7 Å². The van der Waals surface area contributed by atoms with Crippen molar-refractivity contribution in [3.63, 3.8) is 0 Å². The maximum atomic E-state index is 12.6. The van der Waals surface area contributed by atoms with Crippen LogP contribution in [0.1, 0.15) is 12.0 Å². The van der Waals surface area contributed by atoms with E-state index in [1.807, 2.05) is 0 Å². The molecule has 1 heterocycles. The van der Waals surface area contributed by atoms with Crippen molar-refractivity contribution in [3.8, 4) is 0 Å². The monoisotopic (exact) mass is 290 g/mol. The molecule has 5 nitrogen and oxygen atoms in total. The summed E-state index contributed by atoms with van der Waals surface area (Å²) >= 11 is 0. The highest BCUT2D eigenvalue weighted by molar-refractivity contribution is 5.85. The van der Waals surface area contributed by atoms with Gasteiger partial charge in [0.05, 0.1) is 18.8 Å². The van der Waals surface area contributed by atoms with E-state index in [2.05, 4.69) is 5.32 Å². The van der Waals surface area contributed by atoms with Gasteiger partial charge in [-0.25, -0.2) is 4.79 Å². The third-order valence-electron chi connectivity index (χ3n) is 2.69. The molecule has 20 heavy (non-hydrogen) atoms. The Balaban J connectivity index is 2.04. The predicted molar refractivity (Wildman–Crippen MR) is 65.2 cm³/mol. The van der Waals surface area contributed by atoms with E-state index < -0.39 is 17.8 Å². The van der Waals surface area contributed by atoms with Crippen molar-refractivity contribution in [1.29, 1.82) is 0 Å². The quantitative estimate of drug-likeness (QED) is 0.821. The lowest BCUT2D eigenvalue weighted by atomic mass is 10.1. The zero-order valence-electron chi connectivity index (χ0n) is 10.4. The predicted octanol–water partition coefficient (Wildman–Crippen LogP) is 2.63. The van der Waals surface area contributed by atoms with Gasteiger partial charge in [0.1, 0.15) is 6.10 Å². The molecule has 0 bridgehead atoms. The Morgan fingerprint density at radius 2 is 2.15 bits per heavy atom. The van der Waals surface area contributed by atoms with Gasteiger partial charge in [0.25, 0.3) is 0 Å². The highest BCUT2D eigenvalue weighted by atomic mass is 19.4. The van der Waals surface area contributed by atoms with E-state index in [0.717, 1.165) is 12.1 Å². The molecule has 1 fully saturated rings. The van der Waals surface area contributed by atoms with E-state index in [-0.39, 0.29) is 24.1 Å². The Bertz CT molecular complexity index is 499. The van der Waals surface area contributed by atoms with Crippen molar-refractivity contribution in [1.82, 2.24) is 0 Å². The van der Waals surface area contributed by atoms with Gasteiger partial charge in [-0.2, -0.15) is 13.2 Å². The zero-order chi connectivity index (χ0) is 14.8. The first-order chi connectivity index (χ1) is 9.34. The minimum atomic E-state index is -4.53. The second kappa shape index (κ2) is 5.58. The molecule has 1 aliphatic heterocycles. The largest absolute Gasteiger partial charge is 0.443 e. The molecule has 0 saturated carbocycles. The maximum Gasteiger partial charge on any atom is 0.416 e. The van der Waals surface area contributed by atoms with Crippen LogP contribution in [0.25, 0.3) is 0 Å². The Morgan fingerprint density at radius 1 is 1.40 bits per heavy atom. The number of alkyl halides is 3. The summed E-state index contributed by atoms with van der Waals surface area (Å²) in [5.41, 5.74) is 4.28. The summed E-state index contributed by atoms with van der Waals surface area (Å²) in [6.07, 6.45) is -5.18. The molecule has 0 aromatic heterocycles. The van der Waals surface area contributed by atoms with Crippen molar-refractivity contribution in [3.05, 3.63) is 23.8 Å². The summed E-state index contributed by atoms with van der Waals surface area (Å²) in [7, 11) is 0. The van der Waals surface area contributed by atoms with Gasteiger partial charge in [0, 0.05) is 17.8 Å². The van der Waals surface area contributed by atoms with Crippen LogP contribution in [0, 0.1) is 0 Å². The summed E-state index contributed by atoms with van der Waals surface area (Å²) in [6, 6.07) is 2.81. The zero-order valence-corrected chi connectivity index (χ0v) is 10.4. The van der Waals surface area contributed by atoms with Crippen LogP contribution in [0.15, 0.2) is 18.2 Å². The molecular formula is C12H13F3N2O3. The number of nitrogens with two attached hydrogens (primary N) is 1. The Hall–Kier alpha value is -1.96. The Labute approximate surface area is 112 Å². The molecule has 2 rings (SSSR count). The van der Waals surface area contributed by atoms with Crippen molar-refractivity contribution in [2.24, 2.45) is 0 Å². The number of amides is 1. The fraction of sp³-hybridized carbons (Fsp3) is 0.417. The third kappa shape index (κ3) is 3.77. The van der Waals surface area contributed by atoms with Crippen LogP contribution in [0.2, 0.25) is 0 Å². The number of benzene rings is 1. The van der Waals surface area contributed by atoms with Crippen molar-refractivity contribution in [2.75, 3.05) is 24.3 Å². The first kappa shape index (κ1) is 14.4. The minimum Gasteiger partial charge on any atom is -0.443 e. The molecule has 1 unspecified atom stereocenters. The molecule has 1 aliphatic rings. The first-order valence-electron chi connectivity index (χ1n) is 5.88. The van der Waals surface area contributed by atoms with E-state index in [1.54, 1.807) is 0 Å². The summed E-state index contributed by atoms with van der Waals surface area (Å²) in [6.45, 7) is 0.784.